The monoisotopic (exact) mass is 431 g/mol. The van der Waals surface area contributed by atoms with Crippen LogP contribution < -0.4 is 5.32 Å². The molecule has 1 N–H and O–H groups in total. The van der Waals surface area contributed by atoms with Crippen molar-refractivity contribution in [2.45, 2.75) is 32.2 Å². The van der Waals surface area contributed by atoms with Crippen molar-refractivity contribution in [3.8, 4) is 0 Å². The van der Waals surface area contributed by atoms with Gasteiger partial charge in [-0.15, -0.1) is 0 Å². The zero-order valence-electron chi connectivity index (χ0n) is 17.4. The van der Waals surface area contributed by atoms with Gasteiger partial charge < -0.3 is 9.88 Å². The molecule has 0 spiro atoms. The quantitative estimate of drug-likeness (QED) is 0.346. The van der Waals surface area contributed by atoms with Gasteiger partial charge in [0, 0.05) is 19.5 Å². The number of nitrogens with one attached hydrogen (secondary N) is 1. The maximum atomic E-state index is 12.3. The van der Waals surface area contributed by atoms with Crippen LogP contribution in [0.3, 0.4) is 0 Å². The standard InChI is InChI=1S/C26H26ClN3O/c27-22-14-5-4-13-21(22)26(31)28-18-8-17-25-29-23-15-6-7-16-24(23)30(25)19-9-12-20-10-2-1-3-11-20/h1-7,10-11,13-16H,8-9,12,17-19H2,(H,28,31). The average Bonchev–Trinajstić information content (AvgIpc) is 3.15. The molecule has 3 aromatic carbocycles. The van der Waals surface area contributed by atoms with Crippen molar-refractivity contribution in [2.24, 2.45) is 0 Å². The number of hydrogen-bond donors (Lipinski definition) is 1. The summed E-state index contributed by atoms with van der Waals surface area (Å²) in [7, 11) is 0. The first-order valence-electron chi connectivity index (χ1n) is 10.7. The Kier molecular flexibility index (Phi) is 7.00. The fraction of sp³-hybridized carbons (Fsp3) is 0.231. The molecule has 4 rings (SSSR count). The number of benzene rings is 3. The molecule has 5 heteroatoms. The highest BCUT2D eigenvalue weighted by Crippen LogP contribution is 2.19. The normalized spacial score (nSPS) is 11.0. The molecule has 4 nitrogen and oxygen atoms in total. The van der Waals surface area contributed by atoms with E-state index >= 15 is 0 Å². The zero-order valence-corrected chi connectivity index (χ0v) is 18.2. The van der Waals surface area contributed by atoms with Gasteiger partial charge in [-0.3, -0.25) is 4.79 Å². The van der Waals surface area contributed by atoms with Crippen LogP contribution in [0, 0.1) is 0 Å². The Morgan fingerprint density at radius 3 is 2.45 bits per heavy atom. The third-order valence-corrected chi connectivity index (χ3v) is 5.73. The molecule has 1 heterocycles. The number of hydrogen-bond acceptors (Lipinski definition) is 2. The van der Waals surface area contributed by atoms with Gasteiger partial charge in [-0.25, -0.2) is 4.98 Å². The van der Waals surface area contributed by atoms with E-state index in [0.717, 1.165) is 43.6 Å². The highest BCUT2D eigenvalue weighted by atomic mass is 35.5. The molecule has 31 heavy (non-hydrogen) atoms. The Bertz CT molecular complexity index is 1150. The van der Waals surface area contributed by atoms with Crippen LogP contribution in [0.2, 0.25) is 5.02 Å². The third kappa shape index (κ3) is 5.33. The second-order valence-electron chi connectivity index (χ2n) is 7.60. The summed E-state index contributed by atoms with van der Waals surface area (Å²) in [5.41, 5.74) is 4.07. The van der Waals surface area contributed by atoms with Gasteiger partial charge in [-0.1, -0.05) is 66.2 Å². The van der Waals surface area contributed by atoms with Crippen LogP contribution in [0.25, 0.3) is 11.0 Å². The van der Waals surface area contributed by atoms with Gasteiger partial charge >= 0.3 is 0 Å². The van der Waals surface area contributed by atoms with E-state index in [2.05, 4.69) is 58.4 Å². The van der Waals surface area contributed by atoms with Crippen LogP contribution in [-0.2, 0) is 19.4 Å². The fourth-order valence-electron chi connectivity index (χ4n) is 3.84. The lowest BCUT2D eigenvalue weighted by Gasteiger charge is -2.10. The Balaban J connectivity index is 1.37. The Morgan fingerprint density at radius 2 is 1.61 bits per heavy atom. The maximum Gasteiger partial charge on any atom is 0.252 e. The summed E-state index contributed by atoms with van der Waals surface area (Å²) < 4.78 is 2.33. The maximum absolute atomic E-state index is 12.3. The highest BCUT2D eigenvalue weighted by molar-refractivity contribution is 6.33. The smallest absolute Gasteiger partial charge is 0.252 e. The van der Waals surface area contributed by atoms with E-state index in [1.165, 1.54) is 11.1 Å². The third-order valence-electron chi connectivity index (χ3n) is 5.40. The lowest BCUT2D eigenvalue weighted by atomic mass is 10.1. The second-order valence-corrected chi connectivity index (χ2v) is 8.00. The van der Waals surface area contributed by atoms with Gasteiger partial charge in [0.25, 0.3) is 5.91 Å². The molecule has 0 atom stereocenters. The zero-order chi connectivity index (χ0) is 21.5. The first-order chi connectivity index (χ1) is 15.2. The average molecular weight is 432 g/mol. The molecular weight excluding hydrogens is 406 g/mol. The molecular formula is C26H26ClN3O. The van der Waals surface area contributed by atoms with Crippen LogP contribution >= 0.6 is 11.6 Å². The molecule has 0 unspecified atom stereocenters. The van der Waals surface area contributed by atoms with Gasteiger partial charge in [-0.2, -0.15) is 0 Å². The number of aryl methyl sites for hydroxylation is 3. The topological polar surface area (TPSA) is 46.9 Å². The van der Waals surface area contributed by atoms with Crippen molar-refractivity contribution >= 4 is 28.5 Å². The van der Waals surface area contributed by atoms with Crippen molar-refractivity contribution in [1.82, 2.24) is 14.9 Å². The predicted molar refractivity (Wildman–Crippen MR) is 127 cm³/mol. The van der Waals surface area contributed by atoms with Gasteiger partial charge in [0.1, 0.15) is 5.82 Å². The van der Waals surface area contributed by atoms with Crippen LogP contribution in [0.15, 0.2) is 78.9 Å². The van der Waals surface area contributed by atoms with Crippen molar-refractivity contribution in [1.29, 1.82) is 0 Å². The van der Waals surface area contributed by atoms with Crippen LogP contribution in [0.5, 0.6) is 0 Å². The van der Waals surface area contributed by atoms with Gasteiger partial charge in [-0.05, 0) is 49.1 Å². The molecule has 0 fully saturated rings. The Labute approximate surface area is 187 Å². The minimum atomic E-state index is -0.137. The molecule has 0 saturated heterocycles. The number of aromatic nitrogens is 2. The van der Waals surface area contributed by atoms with Crippen LogP contribution in [0.4, 0.5) is 0 Å². The van der Waals surface area contributed by atoms with Crippen molar-refractivity contribution in [3.05, 3.63) is 101 Å². The fourth-order valence-corrected chi connectivity index (χ4v) is 4.06. The second kappa shape index (κ2) is 10.3. The number of halogens is 1. The summed E-state index contributed by atoms with van der Waals surface area (Å²) in [6, 6.07) is 26.0. The number of para-hydroxylation sites is 2. The van der Waals surface area contributed by atoms with Gasteiger partial charge in [0.05, 0.1) is 21.6 Å². The van der Waals surface area contributed by atoms with E-state index in [1.54, 1.807) is 12.1 Å². The number of nitrogens with zero attached hydrogens (tertiary/aromatic N) is 2. The summed E-state index contributed by atoms with van der Waals surface area (Å²) in [5.74, 6) is 0.934. The van der Waals surface area contributed by atoms with Gasteiger partial charge in [0.15, 0.2) is 0 Å². The number of amides is 1. The minimum Gasteiger partial charge on any atom is -0.352 e. The number of fused-ring (bicyclic) bond motifs is 1. The van der Waals surface area contributed by atoms with Crippen LogP contribution in [-0.4, -0.2) is 22.0 Å². The van der Waals surface area contributed by atoms with E-state index in [1.807, 2.05) is 18.2 Å². The van der Waals surface area contributed by atoms with E-state index in [9.17, 15) is 4.79 Å². The van der Waals surface area contributed by atoms with E-state index in [4.69, 9.17) is 16.6 Å². The molecule has 4 aromatic rings. The first-order valence-corrected chi connectivity index (χ1v) is 11.1. The Morgan fingerprint density at radius 1 is 0.871 bits per heavy atom. The van der Waals surface area contributed by atoms with Crippen molar-refractivity contribution in [3.63, 3.8) is 0 Å². The summed E-state index contributed by atoms with van der Waals surface area (Å²) in [6.07, 6.45) is 3.72. The van der Waals surface area contributed by atoms with Gasteiger partial charge in [0.2, 0.25) is 0 Å². The van der Waals surface area contributed by atoms with E-state index in [0.29, 0.717) is 17.1 Å². The first kappa shape index (κ1) is 21.1. The molecule has 1 amide bonds. The summed E-state index contributed by atoms with van der Waals surface area (Å²) >= 11 is 6.11. The molecule has 158 valence electrons. The molecule has 0 aliphatic rings. The predicted octanol–water partition coefficient (Wildman–Crippen LogP) is 5.69. The number of carbonyl (C=O) groups is 1. The van der Waals surface area contributed by atoms with Crippen molar-refractivity contribution < 1.29 is 4.79 Å². The van der Waals surface area contributed by atoms with E-state index < -0.39 is 0 Å². The van der Waals surface area contributed by atoms with Crippen LogP contribution in [0.1, 0.15) is 34.6 Å². The largest absolute Gasteiger partial charge is 0.352 e. The molecule has 0 saturated carbocycles. The lowest BCUT2D eigenvalue weighted by molar-refractivity contribution is 0.0953. The molecule has 0 aliphatic carbocycles. The van der Waals surface area contributed by atoms with E-state index in [-0.39, 0.29) is 5.91 Å². The summed E-state index contributed by atoms with van der Waals surface area (Å²) in [5, 5.41) is 3.44. The number of rotatable bonds is 9. The molecule has 0 bridgehead atoms. The van der Waals surface area contributed by atoms with Crippen molar-refractivity contribution in [2.75, 3.05) is 6.54 Å². The number of carbonyl (C=O) groups excluding carboxylic acids is 1. The molecule has 0 aliphatic heterocycles. The minimum absolute atomic E-state index is 0.137. The molecule has 1 aromatic heterocycles. The lowest BCUT2D eigenvalue weighted by Crippen LogP contribution is -2.25. The summed E-state index contributed by atoms with van der Waals surface area (Å²) in [6.45, 7) is 1.51. The Hall–Kier alpha value is -3.11. The SMILES string of the molecule is O=C(NCCCc1nc2ccccc2n1CCCc1ccccc1)c1ccccc1Cl. The summed E-state index contributed by atoms with van der Waals surface area (Å²) in [4.78, 5) is 17.2. The number of imidazole rings is 1. The highest BCUT2D eigenvalue weighted by Gasteiger charge is 2.12. The molecule has 0 radical (unpaired) electrons.